The van der Waals surface area contributed by atoms with Crippen LogP contribution >= 0.6 is 0 Å². The Kier molecular flexibility index (Phi) is 16.7. The summed E-state index contributed by atoms with van der Waals surface area (Å²) in [6.45, 7) is 8.83. The third-order valence-electron chi connectivity index (χ3n) is 1.06. The molecular weight excluding hydrogens is 298 g/mol. The van der Waals surface area contributed by atoms with Crippen molar-refractivity contribution in [3.05, 3.63) is 29.3 Å². The van der Waals surface area contributed by atoms with Crippen molar-refractivity contribution in [1.29, 1.82) is 0 Å². The van der Waals surface area contributed by atoms with Gasteiger partial charge in [0, 0.05) is 0 Å². The fourth-order valence-corrected chi connectivity index (χ4v) is 0.718. The molecule has 13 heavy (non-hydrogen) atoms. The summed E-state index contributed by atoms with van der Waals surface area (Å²) in [5.74, 6) is 0. The summed E-state index contributed by atoms with van der Waals surface area (Å²) in [6, 6.07) is 6.41. The fraction of sp³-hybridized carbons (Fsp3) is 0.444. The molecule has 0 N–H and O–H groups in total. The second-order valence-electron chi connectivity index (χ2n) is 2.97. The van der Waals surface area contributed by atoms with E-state index in [1.165, 1.54) is 11.1 Å². The molecule has 0 fully saturated rings. The first-order valence-electron chi connectivity index (χ1n) is 3.74. The van der Waals surface area contributed by atoms with Crippen LogP contribution in [0, 0.1) is 13.8 Å². The van der Waals surface area contributed by atoms with E-state index in [0.717, 1.165) is 0 Å². The fourth-order valence-electron chi connectivity index (χ4n) is 0.718. The Morgan fingerprint density at radius 1 is 1.23 bits per heavy atom. The number of halogens is 2. The molecule has 4 heteroatoms. The van der Waals surface area contributed by atoms with Crippen molar-refractivity contribution in [2.24, 2.45) is 0 Å². The van der Waals surface area contributed by atoms with E-state index in [0.29, 0.717) is 0 Å². The molecule has 0 saturated heterocycles. The molecule has 0 nitrogen and oxygen atoms in total. The predicted octanol–water partition coefficient (Wildman–Crippen LogP) is -3.19. The molecule has 74 valence electrons. The molecule has 0 saturated carbocycles. The van der Waals surface area contributed by atoms with Crippen LogP contribution in [0.3, 0.4) is 0 Å². The van der Waals surface area contributed by atoms with Gasteiger partial charge in [-0.15, -0.1) is 0 Å². The zero-order chi connectivity index (χ0) is 8.85. The summed E-state index contributed by atoms with van der Waals surface area (Å²) in [4.78, 5) is 0. The zero-order valence-corrected chi connectivity index (χ0v) is 13.5. The van der Waals surface area contributed by atoms with Gasteiger partial charge in [0.1, 0.15) is 0 Å². The van der Waals surface area contributed by atoms with Crippen LogP contribution in [0.4, 0.5) is 0 Å². The molecule has 0 atom stereocenters. The van der Waals surface area contributed by atoms with Crippen molar-refractivity contribution < 1.29 is 48.1 Å². The topological polar surface area (TPSA) is 0 Å². The van der Waals surface area contributed by atoms with Crippen LogP contribution in [-0.2, 0) is 23.3 Å². The van der Waals surface area contributed by atoms with Crippen LogP contribution in [-0.4, -0.2) is 5.43 Å². The van der Waals surface area contributed by atoms with Crippen molar-refractivity contribution >= 4 is 5.43 Å². The van der Waals surface area contributed by atoms with Crippen LogP contribution in [0.2, 0.25) is 13.1 Å². The number of rotatable bonds is 0. The van der Waals surface area contributed by atoms with Crippen molar-refractivity contribution in [2.45, 2.75) is 26.9 Å². The molecule has 1 aromatic rings. The molecule has 0 aliphatic rings. The van der Waals surface area contributed by atoms with Gasteiger partial charge in [-0.1, -0.05) is 13.8 Å². The average Bonchev–Trinajstić information content (AvgIpc) is 2.13. The Balaban J connectivity index is -0.000000150. The first-order chi connectivity index (χ1) is 5.02. The molecule has 0 spiro atoms. The van der Waals surface area contributed by atoms with Gasteiger partial charge >= 0.3 is 41.9 Å². The first-order valence-corrected chi connectivity index (χ1v) is 9.93. The molecule has 0 amide bonds. The molecule has 0 radical (unpaired) electrons. The molecule has 0 aromatic heterocycles. The number of hydrogen-bond acceptors (Lipinski definition) is 0. The van der Waals surface area contributed by atoms with E-state index in [2.05, 4.69) is 45.1 Å². The molecule has 1 aromatic carbocycles. The summed E-state index contributed by atoms with van der Waals surface area (Å²) in [5, 5.41) is 0. The SMILES string of the molecule is C[Si](C)=[Zr+2].Cc1c[cH-]c(C)c1.[Cl-].[Cl-]. The Morgan fingerprint density at radius 2 is 1.62 bits per heavy atom. The molecular formula is C9H15Cl2SiZr-. The van der Waals surface area contributed by atoms with Crippen LogP contribution in [0.25, 0.3) is 0 Å². The Labute approximate surface area is 109 Å². The number of aryl methyl sites for hydroxylation is 2. The van der Waals surface area contributed by atoms with E-state index >= 15 is 0 Å². The molecule has 0 aliphatic carbocycles. The number of hydrogen-bond donors (Lipinski definition) is 0. The summed E-state index contributed by atoms with van der Waals surface area (Å²) >= 11 is 1.74. The molecule has 0 unspecified atom stereocenters. The third-order valence-corrected chi connectivity index (χ3v) is 1.06. The Hall–Kier alpha value is 1.03. The van der Waals surface area contributed by atoms with Gasteiger partial charge in [0.2, 0.25) is 0 Å². The van der Waals surface area contributed by atoms with Gasteiger partial charge in [-0.3, -0.25) is 0 Å². The normalized spacial score (nSPS) is 7.23. The maximum absolute atomic E-state index is 2.31. The van der Waals surface area contributed by atoms with Gasteiger partial charge in [-0.25, -0.2) is 11.6 Å². The summed E-state index contributed by atoms with van der Waals surface area (Å²) in [6.07, 6.45) is 0. The molecule has 1 rings (SSSR count). The summed E-state index contributed by atoms with van der Waals surface area (Å²) in [7, 11) is 0. The van der Waals surface area contributed by atoms with Gasteiger partial charge in [-0.2, -0.15) is 17.7 Å². The van der Waals surface area contributed by atoms with Gasteiger partial charge in [0.25, 0.3) is 0 Å². The van der Waals surface area contributed by atoms with Crippen molar-refractivity contribution in [2.75, 3.05) is 0 Å². The quantitative estimate of drug-likeness (QED) is 0.350. The largest absolute Gasteiger partial charge is 1.00 e. The Bertz CT molecular complexity index is 213. The van der Waals surface area contributed by atoms with Crippen molar-refractivity contribution in [3.63, 3.8) is 0 Å². The Morgan fingerprint density at radius 3 is 1.69 bits per heavy atom. The third kappa shape index (κ3) is 15.8. The van der Waals surface area contributed by atoms with Crippen molar-refractivity contribution in [1.82, 2.24) is 0 Å². The van der Waals surface area contributed by atoms with Crippen molar-refractivity contribution in [3.8, 4) is 0 Å². The minimum atomic E-state index is 0. The predicted molar refractivity (Wildman–Crippen MR) is 49.0 cm³/mol. The van der Waals surface area contributed by atoms with E-state index in [9.17, 15) is 0 Å². The van der Waals surface area contributed by atoms with E-state index in [1.54, 1.807) is 23.3 Å². The standard InChI is InChI=1S/C7H9.C2H6Si.2ClH.Zr/c1-6-3-4-7(2)5-6;1-3-2;;;/h3-5H,1-2H3;1-2H3;2*1H;/q-1;;;;+2/p-2. The van der Waals surface area contributed by atoms with Gasteiger partial charge in [0.05, 0.1) is 0 Å². The second kappa shape index (κ2) is 11.1. The minimum absolute atomic E-state index is 0. The smallest absolute Gasteiger partial charge is 0.0635 e. The average molecular weight is 313 g/mol. The van der Waals surface area contributed by atoms with Gasteiger partial charge < -0.3 is 24.8 Å². The zero-order valence-electron chi connectivity index (χ0n) is 8.49. The van der Waals surface area contributed by atoms with E-state index in [4.69, 9.17) is 0 Å². The minimum Gasteiger partial charge on any atom is -1.00 e. The van der Waals surface area contributed by atoms with Gasteiger partial charge in [-0.05, 0) is 0 Å². The van der Waals surface area contributed by atoms with Crippen LogP contribution < -0.4 is 24.8 Å². The van der Waals surface area contributed by atoms with E-state index < -0.39 is 0 Å². The maximum atomic E-state index is 2.31. The maximum Gasteiger partial charge on any atom is -0.0635 e. The second-order valence-corrected chi connectivity index (χ2v) is 12.3. The molecule has 0 bridgehead atoms. The summed E-state index contributed by atoms with van der Waals surface area (Å²) < 4.78 is 0. The van der Waals surface area contributed by atoms with Crippen LogP contribution in [0.5, 0.6) is 0 Å². The monoisotopic (exact) mass is 311 g/mol. The van der Waals surface area contributed by atoms with Crippen LogP contribution in [0.15, 0.2) is 18.2 Å². The molecule has 0 heterocycles. The van der Waals surface area contributed by atoms with E-state index in [-0.39, 0.29) is 30.2 Å². The molecule has 0 aliphatic heterocycles. The van der Waals surface area contributed by atoms with Gasteiger partial charge in [0.15, 0.2) is 0 Å². The van der Waals surface area contributed by atoms with Crippen LogP contribution in [0.1, 0.15) is 11.1 Å². The first kappa shape index (κ1) is 19.6. The van der Waals surface area contributed by atoms with E-state index in [1.807, 2.05) is 0 Å². The summed E-state index contributed by atoms with van der Waals surface area (Å²) in [5.41, 5.74) is 2.93.